The second-order valence-corrected chi connectivity index (χ2v) is 9.17. The highest BCUT2D eigenvalue weighted by Gasteiger charge is 2.24. The van der Waals surface area contributed by atoms with Gasteiger partial charge in [0.15, 0.2) is 0 Å². The molecule has 0 saturated heterocycles. The Kier molecular flexibility index (Phi) is 7.73. The minimum absolute atomic E-state index is 0. The molecule has 0 spiro atoms. The molecule has 7 nitrogen and oxygen atoms in total. The molecule has 3 N–H and O–H groups in total. The Morgan fingerprint density at radius 1 is 1.09 bits per heavy atom. The lowest BCUT2D eigenvalue weighted by Crippen LogP contribution is -3.00. The van der Waals surface area contributed by atoms with Crippen LogP contribution in [-0.4, -0.2) is 48.0 Å². The van der Waals surface area contributed by atoms with Crippen LogP contribution in [0.15, 0.2) is 53.1 Å². The third kappa shape index (κ3) is 5.57. The molecular weight excluding hydrogens is 583 g/mol. The van der Waals surface area contributed by atoms with Gasteiger partial charge in [0.2, 0.25) is 5.95 Å². The van der Waals surface area contributed by atoms with Gasteiger partial charge in [-0.1, -0.05) is 18.2 Å². The maximum absolute atomic E-state index is 12.2. The van der Waals surface area contributed by atoms with Gasteiger partial charge < -0.3 is 44.4 Å². The Bertz CT molecular complexity index is 1140. The van der Waals surface area contributed by atoms with E-state index in [1.165, 1.54) is 11.1 Å². The van der Waals surface area contributed by atoms with Crippen molar-refractivity contribution in [2.45, 2.75) is 13.0 Å². The predicted octanol–water partition coefficient (Wildman–Crippen LogP) is 1.22. The van der Waals surface area contributed by atoms with E-state index in [0.29, 0.717) is 27.5 Å². The zero-order valence-electron chi connectivity index (χ0n) is 18.2. The van der Waals surface area contributed by atoms with E-state index in [0.717, 1.165) is 29.7 Å². The normalized spacial score (nSPS) is 14.0. The number of anilines is 4. The minimum atomic E-state index is -0.165. The van der Waals surface area contributed by atoms with E-state index in [2.05, 4.69) is 74.1 Å². The number of carbonyl (C=O) groups excluding carboxylic acids is 1. The molecule has 2 heterocycles. The highest BCUT2D eigenvalue weighted by molar-refractivity contribution is 9.10. The van der Waals surface area contributed by atoms with Crippen molar-refractivity contribution in [1.82, 2.24) is 15.3 Å². The van der Waals surface area contributed by atoms with Crippen molar-refractivity contribution in [1.29, 1.82) is 0 Å². The van der Waals surface area contributed by atoms with Gasteiger partial charge in [0, 0.05) is 30.9 Å². The summed E-state index contributed by atoms with van der Waals surface area (Å²) in [4.78, 5) is 21.2. The number of nitrogens with one attached hydrogen (secondary N) is 3. The summed E-state index contributed by atoms with van der Waals surface area (Å²) in [6, 6.07) is 13.8. The van der Waals surface area contributed by atoms with Crippen molar-refractivity contribution >= 4 is 45.0 Å². The van der Waals surface area contributed by atoms with Crippen LogP contribution in [0.4, 0.5) is 23.1 Å². The first-order valence-corrected chi connectivity index (χ1v) is 11.0. The topological polar surface area (TPSA) is 78.9 Å². The first-order chi connectivity index (χ1) is 14.8. The number of hydrogen-bond acceptors (Lipinski definition) is 5. The molecule has 9 heteroatoms. The Hall–Kier alpha value is -2.24. The predicted molar refractivity (Wildman–Crippen MR) is 127 cm³/mol. The molecule has 1 aliphatic rings. The molecular formula is C23H26BrIN6O. The monoisotopic (exact) mass is 608 g/mol. The number of nitrogens with zero attached hydrogens (tertiary/aromatic N) is 3. The second kappa shape index (κ2) is 10.1. The molecule has 3 aromatic rings. The van der Waals surface area contributed by atoms with Crippen LogP contribution in [0.2, 0.25) is 0 Å². The minimum Gasteiger partial charge on any atom is -1.00 e. The van der Waals surface area contributed by atoms with Crippen LogP contribution in [0.3, 0.4) is 0 Å². The number of fused-ring (bicyclic) bond motifs is 1. The molecule has 1 amide bonds. The Labute approximate surface area is 213 Å². The van der Waals surface area contributed by atoms with Crippen LogP contribution in [-0.2, 0) is 13.0 Å². The zero-order chi connectivity index (χ0) is 22.0. The van der Waals surface area contributed by atoms with Gasteiger partial charge in [-0.3, -0.25) is 4.79 Å². The third-order valence-corrected chi connectivity index (χ3v) is 6.02. The van der Waals surface area contributed by atoms with Crippen LogP contribution in [0.5, 0.6) is 0 Å². The van der Waals surface area contributed by atoms with E-state index in [1.807, 2.05) is 18.2 Å². The van der Waals surface area contributed by atoms with Gasteiger partial charge >= 0.3 is 0 Å². The van der Waals surface area contributed by atoms with Gasteiger partial charge in [-0.25, -0.2) is 4.98 Å². The molecule has 0 aliphatic carbocycles. The SMILES string of the molecule is CNC(=O)c1ccccc1Nc1nc(Nc2ccc3c(c2)C[N+](C)(C)CC3)ncc1Br.[I-]. The Morgan fingerprint density at radius 2 is 1.88 bits per heavy atom. The number of likely N-dealkylation sites (N-methyl/N-ethyl adjacent to an activating group) is 1. The van der Waals surface area contributed by atoms with E-state index in [1.54, 1.807) is 19.3 Å². The molecule has 0 bridgehead atoms. The largest absolute Gasteiger partial charge is 1.00 e. The first kappa shape index (κ1) is 24.4. The van der Waals surface area contributed by atoms with Gasteiger partial charge in [0.05, 0.1) is 36.4 Å². The number of halogens is 2. The van der Waals surface area contributed by atoms with Crippen molar-refractivity contribution < 1.29 is 33.3 Å². The van der Waals surface area contributed by atoms with E-state index < -0.39 is 0 Å². The van der Waals surface area contributed by atoms with Gasteiger partial charge in [-0.2, -0.15) is 4.98 Å². The van der Waals surface area contributed by atoms with Crippen molar-refractivity contribution in [2.24, 2.45) is 0 Å². The molecule has 4 rings (SSSR count). The van der Waals surface area contributed by atoms with E-state index in [-0.39, 0.29) is 29.9 Å². The van der Waals surface area contributed by atoms with E-state index in [4.69, 9.17) is 0 Å². The lowest BCUT2D eigenvalue weighted by Gasteiger charge is -2.35. The van der Waals surface area contributed by atoms with Gasteiger partial charge in [-0.15, -0.1) is 0 Å². The summed E-state index contributed by atoms with van der Waals surface area (Å²) < 4.78 is 1.69. The fourth-order valence-electron chi connectivity index (χ4n) is 3.75. The molecule has 1 aliphatic heterocycles. The van der Waals surface area contributed by atoms with Crippen molar-refractivity contribution in [3.05, 3.63) is 69.8 Å². The van der Waals surface area contributed by atoms with Gasteiger partial charge in [0.1, 0.15) is 12.4 Å². The molecule has 0 unspecified atom stereocenters. The Balaban J connectivity index is 0.00000289. The van der Waals surface area contributed by atoms with Crippen molar-refractivity contribution in [2.75, 3.05) is 38.3 Å². The molecule has 168 valence electrons. The lowest BCUT2D eigenvalue weighted by molar-refractivity contribution is -0.905. The van der Waals surface area contributed by atoms with Crippen LogP contribution in [0.1, 0.15) is 21.5 Å². The number of benzene rings is 2. The first-order valence-electron chi connectivity index (χ1n) is 10.2. The number of carbonyl (C=O) groups is 1. The molecule has 1 aromatic heterocycles. The van der Waals surface area contributed by atoms with Gasteiger partial charge in [-0.05, 0) is 45.8 Å². The third-order valence-electron chi connectivity index (χ3n) is 5.44. The second-order valence-electron chi connectivity index (χ2n) is 8.32. The average Bonchev–Trinajstić information content (AvgIpc) is 2.75. The molecule has 0 saturated carbocycles. The number of amides is 1. The summed E-state index contributed by atoms with van der Waals surface area (Å²) in [5.41, 5.74) is 4.94. The van der Waals surface area contributed by atoms with Crippen LogP contribution < -0.4 is 39.9 Å². The number of hydrogen-bond donors (Lipinski definition) is 3. The van der Waals surface area contributed by atoms with Gasteiger partial charge in [0.25, 0.3) is 5.91 Å². The highest BCUT2D eigenvalue weighted by atomic mass is 127. The summed E-state index contributed by atoms with van der Waals surface area (Å²) in [5.74, 6) is 0.888. The number of aromatic nitrogens is 2. The molecule has 0 atom stereocenters. The van der Waals surface area contributed by atoms with Crippen LogP contribution >= 0.6 is 15.9 Å². The Morgan fingerprint density at radius 3 is 2.66 bits per heavy atom. The molecule has 0 radical (unpaired) electrons. The standard InChI is InChI=1S/C23H25BrN6O.HI/c1-25-22(31)18-6-4-5-7-20(18)28-21-19(24)13-26-23(29-21)27-17-9-8-15-10-11-30(2,3)14-16(15)12-17;/h4-9,12-13H,10-11,14H2,1-3H3,(H2-,25,26,27,28,29,31);1H. The summed E-state index contributed by atoms with van der Waals surface area (Å²) in [6.45, 7) is 2.16. The maximum Gasteiger partial charge on any atom is 0.253 e. The van der Waals surface area contributed by atoms with Crippen molar-refractivity contribution in [3.8, 4) is 0 Å². The van der Waals surface area contributed by atoms with Crippen LogP contribution in [0, 0.1) is 0 Å². The number of para-hydroxylation sites is 1. The molecule has 0 fully saturated rings. The van der Waals surface area contributed by atoms with E-state index in [9.17, 15) is 4.79 Å². The maximum atomic E-state index is 12.2. The van der Waals surface area contributed by atoms with E-state index >= 15 is 0 Å². The molecule has 32 heavy (non-hydrogen) atoms. The fraction of sp³-hybridized carbons (Fsp3) is 0.261. The lowest BCUT2D eigenvalue weighted by atomic mass is 9.98. The average molecular weight is 609 g/mol. The smallest absolute Gasteiger partial charge is 0.253 e. The summed E-state index contributed by atoms with van der Waals surface area (Å²) in [7, 11) is 6.13. The zero-order valence-corrected chi connectivity index (χ0v) is 22.0. The number of quaternary nitrogens is 1. The fourth-order valence-corrected chi connectivity index (χ4v) is 4.04. The van der Waals surface area contributed by atoms with Crippen LogP contribution in [0.25, 0.3) is 0 Å². The summed E-state index contributed by atoms with van der Waals surface area (Å²) in [5, 5.41) is 9.22. The molecule has 2 aromatic carbocycles. The number of rotatable bonds is 5. The highest BCUT2D eigenvalue weighted by Crippen LogP contribution is 2.29. The summed E-state index contributed by atoms with van der Waals surface area (Å²) in [6.07, 6.45) is 2.79. The summed E-state index contributed by atoms with van der Waals surface area (Å²) >= 11 is 3.50. The quantitative estimate of drug-likeness (QED) is 0.300. The van der Waals surface area contributed by atoms with Crippen molar-refractivity contribution in [3.63, 3.8) is 0 Å².